The molecule has 92 valence electrons. The van der Waals surface area contributed by atoms with E-state index in [1.54, 1.807) is 11.8 Å². The molecule has 0 spiro atoms. The van der Waals surface area contributed by atoms with Crippen molar-refractivity contribution in [3.8, 4) is 0 Å². The van der Waals surface area contributed by atoms with Gasteiger partial charge in [0.2, 0.25) is 0 Å². The summed E-state index contributed by atoms with van der Waals surface area (Å²) in [6.07, 6.45) is 2.08. The average molecular weight is 273 g/mol. The van der Waals surface area contributed by atoms with Crippen molar-refractivity contribution in [1.29, 1.82) is 0 Å². The van der Waals surface area contributed by atoms with Gasteiger partial charge in [0.25, 0.3) is 0 Å². The molecule has 0 amide bonds. The van der Waals surface area contributed by atoms with E-state index >= 15 is 0 Å². The van der Waals surface area contributed by atoms with E-state index in [2.05, 4.69) is 0 Å². The Bertz CT molecular complexity index is 441. The van der Waals surface area contributed by atoms with Crippen molar-refractivity contribution in [2.24, 2.45) is 0 Å². The van der Waals surface area contributed by atoms with Gasteiger partial charge in [0.15, 0.2) is 5.78 Å². The number of benzene rings is 1. The monoisotopic (exact) mass is 272 g/mol. The summed E-state index contributed by atoms with van der Waals surface area (Å²) >= 11 is 7.49. The van der Waals surface area contributed by atoms with E-state index in [9.17, 15) is 9.18 Å². The van der Waals surface area contributed by atoms with Crippen LogP contribution in [0.15, 0.2) is 18.2 Å². The molecule has 1 aliphatic rings. The first-order valence-corrected chi connectivity index (χ1v) is 6.99. The predicted octanol–water partition coefficient (Wildman–Crippen LogP) is 3.88. The van der Waals surface area contributed by atoms with Gasteiger partial charge >= 0.3 is 0 Å². The van der Waals surface area contributed by atoms with Gasteiger partial charge in [-0.1, -0.05) is 11.6 Å². The Morgan fingerprint density at radius 3 is 3.00 bits per heavy atom. The lowest BCUT2D eigenvalue weighted by Crippen LogP contribution is -2.30. The number of ketones is 1. The third-order valence-corrected chi connectivity index (χ3v) is 4.96. The molecule has 0 saturated carbocycles. The minimum absolute atomic E-state index is 0.0983. The highest BCUT2D eigenvalue weighted by Crippen LogP contribution is 2.39. The van der Waals surface area contributed by atoms with Crippen LogP contribution in [-0.4, -0.2) is 16.3 Å². The van der Waals surface area contributed by atoms with Gasteiger partial charge in [-0.15, -0.1) is 11.8 Å². The van der Waals surface area contributed by atoms with Crippen LogP contribution in [0, 0.1) is 5.82 Å². The number of Topliss-reactive ketones (excluding diaryl/α,β-unsaturated/α-hetero) is 1. The zero-order chi connectivity index (χ0) is 12.5. The Labute approximate surface area is 110 Å². The minimum Gasteiger partial charge on any atom is -0.298 e. The van der Waals surface area contributed by atoms with Crippen LogP contribution < -0.4 is 0 Å². The van der Waals surface area contributed by atoms with Crippen LogP contribution in [0.5, 0.6) is 0 Å². The lowest BCUT2D eigenvalue weighted by Gasteiger charge is -2.20. The van der Waals surface area contributed by atoms with Crippen LogP contribution in [0.2, 0.25) is 5.02 Å². The first kappa shape index (κ1) is 12.9. The Balaban J connectivity index is 2.15. The number of halogens is 2. The van der Waals surface area contributed by atoms with Crippen LogP contribution in [0.25, 0.3) is 0 Å². The molecular formula is C13H14ClFOS. The Morgan fingerprint density at radius 1 is 1.59 bits per heavy atom. The fourth-order valence-electron chi connectivity index (χ4n) is 2.04. The van der Waals surface area contributed by atoms with E-state index in [1.807, 2.05) is 6.92 Å². The Kier molecular flexibility index (Phi) is 3.79. The van der Waals surface area contributed by atoms with Crippen molar-refractivity contribution in [3.05, 3.63) is 34.6 Å². The normalized spacial score (nSPS) is 23.9. The zero-order valence-electron chi connectivity index (χ0n) is 9.63. The summed E-state index contributed by atoms with van der Waals surface area (Å²) in [4.78, 5) is 12.2. The molecule has 0 bridgehead atoms. The molecule has 0 aliphatic carbocycles. The molecule has 1 aromatic rings. The first-order valence-electron chi connectivity index (χ1n) is 5.62. The smallest absolute Gasteiger partial charge is 0.153 e. The second-order valence-corrected chi connectivity index (χ2v) is 6.55. The number of carbonyl (C=O) groups is 1. The number of rotatable bonds is 3. The molecular weight excluding hydrogens is 259 g/mol. The van der Waals surface area contributed by atoms with Crippen molar-refractivity contribution in [2.45, 2.75) is 30.9 Å². The highest BCUT2D eigenvalue weighted by Gasteiger charge is 2.36. The fraction of sp³-hybridized carbons (Fsp3) is 0.462. The van der Waals surface area contributed by atoms with Crippen LogP contribution in [0.4, 0.5) is 4.39 Å². The summed E-state index contributed by atoms with van der Waals surface area (Å²) in [6.45, 7) is 1.95. The summed E-state index contributed by atoms with van der Waals surface area (Å²) in [6, 6.07) is 4.35. The maximum absolute atomic E-state index is 13.5. The van der Waals surface area contributed by atoms with E-state index in [4.69, 9.17) is 11.6 Å². The molecule has 0 aromatic heterocycles. The van der Waals surface area contributed by atoms with Crippen molar-refractivity contribution in [1.82, 2.24) is 0 Å². The molecule has 0 N–H and O–H groups in total. The van der Waals surface area contributed by atoms with E-state index in [1.165, 1.54) is 18.2 Å². The molecule has 1 heterocycles. The quantitative estimate of drug-likeness (QED) is 0.831. The van der Waals surface area contributed by atoms with Crippen LogP contribution >= 0.6 is 23.4 Å². The maximum Gasteiger partial charge on any atom is 0.153 e. The zero-order valence-corrected chi connectivity index (χ0v) is 11.2. The van der Waals surface area contributed by atoms with Crippen molar-refractivity contribution in [2.75, 3.05) is 5.75 Å². The highest BCUT2D eigenvalue weighted by atomic mass is 35.5. The standard InChI is InChI=1S/C13H14ClFOS/c1-13(5-2-6-17-13)12(16)8-9-7-10(14)3-4-11(9)15/h3-4,7H,2,5-6,8H2,1H3. The molecule has 1 saturated heterocycles. The van der Waals surface area contributed by atoms with Gasteiger partial charge in [-0.2, -0.15) is 0 Å². The first-order chi connectivity index (χ1) is 8.01. The average Bonchev–Trinajstić information content (AvgIpc) is 2.72. The fourth-order valence-corrected chi connectivity index (χ4v) is 3.49. The maximum atomic E-state index is 13.5. The van der Waals surface area contributed by atoms with Crippen molar-refractivity contribution < 1.29 is 9.18 Å². The van der Waals surface area contributed by atoms with E-state index in [-0.39, 0.29) is 22.8 Å². The summed E-state index contributed by atoms with van der Waals surface area (Å²) in [5.74, 6) is 0.760. The van der Waals surface area contributed by atoms with Crippen LogP contribution in [0.3, 0.4) is 0 Å². The van der Waals surface area contributed by atoms with E-state index in [0.717, 1.165) is 18.6 Å². The molecule has 1 unspecified atom stereocenters. The molecule has 1 atom stereocenters. The summed E-state index contributed by atoms with van der Waals surface area (Å²) in [5, 5.41) is 0.471. The van der Waals surface area contributed by atoms with Crippen LogP contribution in [0.1, 0.15) is 25.3 Å². The number of hydrogen-bond acceptors (Lipinski definition) is 2. The van der Waals surface area contributed by atoms with E-state index in [0.29, 0.717) is 10.6 Å². The van der Waals surface area contributed by atoms with Crippen LogP contribution in [-0.2, 0) is 11.2 Å². The SMILES string of the molecule is CC1(C(=O)Cc2cc(Cl)ccc2F)CCCS1. The summed E-state index contributed by atoms with van der Waals surface area (Å²) in [7, 11) is 0. The molecule has 2 rings (SSSR count). The largest absolute Gasteiger partial charge is 0.298 e. The summed E-state index contributed by atoms with van der Waals surface area (Å²) in [5.41, 5.74) is 0.399. The predicted molar refractivity (Wildman–Crippen MR) is 70.2 cm³/mol. The lowest BCUT2D eigenvalue weighted by atomic mass is 9.95. The topological polar surface area (TPSA) is 17.1 Å². The highest BCUT2D eigenvalue weighted by molar-refractivity contribution is 8.01. The van der Waals surface area contributed by atoms with Gasteiger partial charge in [0, 0.05) is 11.4 Å². The second-order valence-electron chi connectivity index (χ2n) is 4.52. The van der Waals surface area contributed by atoms with Gasteiger partial charge in [0.05, 0.1) is 4.75 Å². The van der Waals surface area contributed by atoms with Crippen molar-refractivity contribution in [3.63, 3.8) is 0 Å². The molecule has 1 aliphatic heterocycles. The van der Waals surface area contributed by atoms with E-state index < -0.39 is 0 Å². The van der Waals surface area contributed by atoms with Gasteiger partial charge in [0.1, 0.15) is 5.82 Å². The molecule has 0 radical (unpaired) electrons. The van der Waals surface area contributed by atoms with Crippen molar-refractivity contribution >= 4 is 29.1 Å². The van der Waals surface area contributed by atoms with Gasteiger partial charge in [-0.3, -0.25) is 4.79 Å². The van der Waals surface area contributed by atoms with Gasteiger partial charge in [-0.05, 0) is 49.3 Å². The van der Waals surface area contributed by atoms with Gasteiger partial charge < -0.3 is 0 Å². The Hall–Kier alpha value is -0.540. The van der Waals surface area contributed by atoms with Gasteiger partial charge in [-0.25, -0.2) is 4.39 Å². The number of carbonyl (C=O) groups excluding carboxylic acids is 1. The molecule has 4 heteroatoms. The number of thioether (sulfide) groups is 1. The minimum atomic E-state index is -0.352. The third-order valence-electron chi connectivity index (χ3n) is 3.17. The number of hydrogen-bond donors (Lipinski definition) is 0. The molecule has 17 heavy (non-hydrogen) atoms. The molecule has 1 aromatic carbocycles. The molecule has 1 fully saturated rings. The Morgan fingerprint density at radius 2 is 2.35 bits per heavy atom. The third kappa shape index (κ3) is 2.83. The summed E-state index contributed by atoms with van der Waals surface area (Å²) < 4.78 is 13.2. The molecule has 1 nitrogen and oxygen atoms in total. The second kappa shape index (κ2) is 4.99. The lowest BCUT2D eigenvalue weighted by molar-refractivity contribution is -0.120.